The maximum Gasteiger partial charge on any atom is 0.239 e. The van der Waals surface area contributed by atoms with E-state index in [1.807, 2.05) is 17.1 Å². The molecule has 2 heterocycles. The molecule has 2 aliphatic heterocycles. The topological polar surface area (TPSA) is 32.8 Å². The molecule has 1 atom stereocenters. The molecule has 5 rings (SSSR count). The Morgan fingerprint density at radius 2 is 1.68 bits per heavy atom. The van der Waals surface area contributed by atoms with Crippen molar-refractivity contribution in [3.63, 3.8) is 0 Å². The number of carbonyl (C=O) groups is 1. The lowest BCUT2D eigenvalue weighted by molar-refractivity contribution is -0.145. The highest BCUT2D eigenvalue weighted by Gasteiger charge is 2.63. The molecule has 1 unspecified atom stereocenters. The molecule has 2 aromatic carbocycles. The van der Waals surface area contributed by atoms with E-state index < -0.39 is 0 Å². The zero-order chi connectivity index (χ0) is 19.8. The van der Waals surface area contributed by atoms with Crippen molar-refractivity contribution < 1.29 is 9.53 Å². The van der Waals surface area contributed by atoms with E-state index in [1.165, 1.54) is 27.8 Å². The van der Waals surface area contributed by atoms with Gasteiger partial charge in [0.2, 0.25) is 5.91 Å². The van der Waals surface area contributed by atoms with Crippen LogP contribution in [0.15, 0.2) is 54.1 Å². The van der Waals surface area contributed by atoms with Gasteiger partial charge in [0.1, 0.15) is 5.75 Å². The van der Waals surface area contributed by atoms with Crippen molar-refractivity contribution in [3.8, 4) is 5.75 Å². The summed E-state index contributed by atoms with van der Waals surface area (Å²) in [6.45, 7) is 8.73. The van der Waals surface area contributed by atoms with Crippen LogP contribution in [0.4, 0.5) is 0 Å². The van der Waals surface area contributed by atoms with Crippen molar-refractivity contribution in [2.75, 3.05) is 7.11 Å². The van der Waals surface area contributed by atoms with Crippen LogP contribution < -0.4 is 4.74 Å². The summed E-state index contributed by atoms with van der Waals surface area (Å²) in [5.74, 6) is 1.06. The van der Waals surface area contributed by atoms with Gasteiger partial charge in [0.05, 0.1) is 18.7 Å². The second-order valence-corrected chi connectivity index (χ2v) is 9.11. The summed E-state index contributed by atoms with van der Waals surface area (Å²) in [6, 6.07) is 17.0. The molecule has 2 aromatic rings. The number of fused-ring (bicyclic) bond motifs is 5. The minimum atomic E-state index is -0.371. The van der Waals surface area contributed by atoms with Crippen molar-refractivity contribution in [2.24, 2.45) is 0 Å². The molecule has 0 spiro atoms. The number of hydrogen-bond donors (Lipinski definition) is 0. The van der Waals surface area contributed by atoms with Crippen molar-refractivity contribution in [1.82, 2.24) is 10.0 Å². The predicted molar refractivity (Wildman–Crippen MR) is 110 cm³/mol. The molecule has 1 amide bonds. The number of benzene rings is 2. The van der Waals surface area contributed by atoms with Gasteiger partial charge in [-0.3, -0.25) is 9.80 Å². The standard InChI is InChI=1S/C24H26N2O2/c1-23(2)14-19(27)25-24(3,4)21-20(15-10-12-16(28-5)13-11-15)17-8-6-7-9-18(17)22(21)26(23)25/h6-13,22H,14H2,1-5H3. The second kappa shape index (κ2) is 5.48. The molecule has 0 aromatic heterocycles. The number of methoxy groups -OCH3 is 1. The summed E-state index contributed by atoms with van der Waals surface area (Å²) in [6.07, 6.45) is 0.556. The van der Waals surface area contributed by atoms with Gasteiger partial charge >= 0.3 is 0 Å². The predicted octanol–water partition coefficient (Wildman–Crippen LogP) is 4.57. The normalized spacial score (nSPS) is 24.4. The van der Waals surface area contributed by atoms with E-state index in [9.17, 15) is 4.79 Å². The van der Waals surface area contributed by atoms with E-state index in [2.05, 4.69) is 69.1 Å². The Morgan fingerprint density at radius 1 is 1.00 bits per heavy atom. The fourth-order valence-corrected chi connectivity index (χ4v) is 5.44. The van der Waals surface area contributed by atoms with Gasteiger partial charge in [-0.2, -0.15) is 0 Å². The van der Waals surface area contributed by atoms with E-state index in [1.54, 1.807) is 7.11 Å². The number of amides is 1. The van der Waals surface area contributed by atoms with Crippen LogP contribution in [-0.2, 0) is 4.79 Å². The lowest BCUT2D eigenvalue weighted by Gasteiger charge is -2.38. The Kier molecular flexibility index (Phi) is 3.43. The van der Waals surface area contributed by atoms with Crippen LogP contribution in [0.25, 0.3) is 5.57 Å². The minimum Gasteiger partial charge on any atom is -0.497 e. The summed E-state index contributed by atoms with van der Waals surface area (Å²) in [5.41, 5.74) is 5.74. The van der Waals surface area contributed by atoms with Crippen LogP contribution in [0.3, 0.4) is 0 Å². The van der Waals surface area contributed by atoms with Gasteiger partial charge in [-0.25, -0.2) is 5.01 Å². The molecule has 1 aliphatic carbocycles. The Balaban J connectivity index is 1.80. The molecule has 0 saturated carbocycles. The van der Waals surface area contributed by atoms with E-state index in [4.69, 9.17) is 4.74 Å². The zero-order valence-corrected chi connectivity index (χ0v) is 17.1. The molecule has 2 saturated heterocycles. The van der Waals surface area contributed by atoms with Crippen molar-refractivity contribution >= 4 is 11.5 Å². The summed E-state index contributed by atoms with van der Waals surface area (Å²) in [7, 11) is 1.69. The molecule has 2 fully saturated rings. The van der Waals surface area contributed by atoms with Crippen molar-refractivity contribution in [1.29, 1.82) is 0 Å². The second-order valence-electron chi connectivity index (χ2n) is 9.11. The lowest BCUT2D eigenvalue weighted by atomic mass is 9.85. The lowest BCUT2D eigenvalue weighted by Crippen LogP contribution is -2.49. The van der Waals surface area contributed by atoms with Crippen LogP contribution in [0.2, 0.25) is 0 Å². The first kappa shape index (κ1) is 17.5. The Morgan fingerprint density at radius 3 is 2.36 bits per heavy atom. The molecule has 144 valence electrons. The maximum atomic E-state index is 13.0. The molecule has 4 heteroatoms. The fourth-order valence-electron chi connectivity index (χ4n) is 5.44. The van der Waals surface area contributed by atoms with Gasteiger partial charge in [-0.1, -0.05) is 36.4 Å². The Hall–Kier alpha value is -2.59. The quantitative estimate of drug-likeness (QED) is 0.772. The monoisotopic (exact) mass is 374 g/mol. The highest BCUT2D eigenvalue weighted by molar-refractivity contribution is 5.93. The molecular formula is C24H26N2O2. The van der Waals surface area contributed by atoms with E-state index in [0.717, 1.165) is 5.75 Å². The van der Waals surface area contributed by atoms with Gasteiger partial charge in [-0.05, 0) is 67.7 Å². The molecule has 28 heavy (non-hydrogen) atoms. The van der Waals surface area contributed by atoms with Crippen LogP contribution >= 0.6 is 0 Å². The summed E-state index contributed by atoms with van der Waals surface area (Å²) in [4.78, 5) is 13.0. The molecule has 4 nitrogen and oxygen atoms in total. The van der Waals surface area contributed by atoms with Crippen LogP contribution in [0.1, 0.15) is 56.8 Å². The van der Waals surface area contributed by atoms with Crippen LogP contribution in [-0.4, -0.2) is 34.1 Å². The summed E-state index contributed by atoms with van der Waals surface area (Å²) < 4.78 is 5.35. The first-order chi connectivity index (χ1) is 13.3. The van der Waals surface area contributed by atoms with E-state index >= 15 is 0 Å². The number of nitrogens with zero attached hydrogens (tertiary/aromatic N) is 2. The largest absolute Gasteiger partial charge is 0.497 e. The number of hydrazine groups is 1. The molecule has 0 radical (unpaired) electrons. The van der Waals surface area contributed by atoms with Gasteiger partial charge in [0, 0.05) is 12.0 Å². The first-order valence-electron chi connectivity index (χ1n) is 9.88. The smallest absolute Gasteiger partial charge is 0.239 e. The number of ether oxygens (including phenoxy) is 1. The zero-order valence-electron chi connectivity index (χ0n) is 17.1. The molecule has 3 aliphatic rings. The fraction of sp³-hybridized carbons (Fsp3) is 0.375. The number of rotatable bonds is 2. The third-order valence-corrected chi connectivity index (χ3v) is 6.54. The SMILES string of the molecule is COc1ccc(C2=C3C(c4ccccc42)N2N(C(=O)CC2(C)C)C3(C)C)cc1. The van der Waals surface area contributed by atoms with Crippen LogP contribution in [0, 0.1) is 0 Å². The highest BCUT2D eigenvalue weighted by atomic mass is 16.5. The minimum absolute atomic E-state index is 0.102. The van der Waals surface area contributed by atoms with Crippen molar-refractivity contribution in [2.45, 2.75) is 51.2 Å². The van der Waals surface area contributed by atoms with E-state index in [-0.39, 0.29) is 23.0 Å². The van der Waals surface area contributed by atoms with Gasteiger partial charge in [0.15, 0.2) is 0 Å². The van der Waals surface area contributed by atoms with Crippen molar-refractivity contribution in [3.05, 3.63) is 70.8 Å². The Labute approximate surface area is 166 Å². The highest BCUT2D eigenvalue weighted by Crippen LogP contribution is 2.61. The van der Waals surface area contributed by atoms with E-state index in [0.29, 0.717) is 6.42 Å². The average Bonchev–Trinajstić information content (AvgIpc) is 3.21. The first-order valence-corrected chi connectivity index (χ1v) is 9.88. The Bertz CT molecular complexity index is 1020. The third-order valence-electron chi connectivity index (χ3n) is 6.54. The summed E-state index contributed by atoms with van der Waals surface area (Å²) in [5, 5.41) is 4.35. The number of carbonyl (C=O) groups excluding carboxylic acids is 1. The molecule has 0 N–H and O–H groups in total. The van der Waals surface area contributed by atoms with Gasteiger partial charge in [0.25, 0.3) is 0 Å². The summed E-state index contributed by atoms with van der Waals surface area (Å²) >= 11 is 0. The van der Waals surface area contributed by atoms with Gasteiger partial charge < -0.3 is 4.74 Å². The third kappa shape index (κ3) is 2.07. The van der Waals surface area contributed by atoms with Crippen LogP contribution in [0.5, 0.6) is 5.75 Å². The van der Waals surface area contributed by atoms with Gasteiger partial charge in [-0.15, -0.1) is 0 Å². The maximum absolute atomic E-state index is 13.0. The number of hydrogen-bond acceptors (Lipinski definition) is 3. The molecule has 0 bridgehead atoms. The molecular weight excluding hydrogens is 348 g/mol. The average molecular weight is 374 g/mol.